The van der Waals surface area contributed by atoms with Gasteiger partial charge in [-0.2, -0.15) is 0 Å². The molecular weight excluding hydrogens is 146 g/mol. The van der Waals surface area contributed by atoms with Crippen molar-refractivity contribution in [3.05, 3.63) is 49.2 Å². The van der Waals surface area contributed by atoms with Crippen molar-refractivity contribution in [3.63, 3.8) is 0 Å². The van der Waals surface area contributed by atoms with Gasteiger partial charge >= 0.3 is 0 Å². The van der Waals surface area contributed by atoms with Crippen LogP contribution in [-0.2, 0) is 0 Å². The predicted octanol–water partition coefficient (Wildman–Crippen LogP) is 3.28. The van der Waals surface area contributed by atoms with E-state index in [9.17, 15) is 0 Å². The maximum Gasteiger partial charge on any atom is 0.0444 e. The number of hydrogen-bond donors (Lipinski definition) is 0. The fraction of sp³-hybridized carbons (Fsp3) is 0.182. The molecule has 0 aromatic carbocycles. The lowest BCUT2D eigenvalue weighted by molar-refractivity contribution is 1.51. The van der Waals surface area contributed by atoms with Crippen LogP contribution in [0.4, 0.5) is 0 Å². The quantitative estimate of drug-likeness (QED) is 0.443. The van der Waals surface area contributed by atoms with E-state index in [0.29, 0.717) is 0 Å². The van der Waals surface area contributed by atoms with Crippen LogP contribution in [0.1, 0.15) is 13.8 Å². The van der Waals surface area contributed by atoms with Crippen molar-refractivity contribution < 1.29 is 0 Å². The zero-order chi connectivity index (χ0) is 9.40. The van der Waals surface area contributed by atoms with Gasteiger partial charge in [-0.05, 0) is 19.4 Å². The van der Waals surface area contributed by atoms with Crippen LogP contribution >= 0.6 is 0 Å². The van der Waals surface area contributed by atoms with Gasteiger partial charge in [-0.25, -0.2) is 0 Å². The second-order valence-corrected chi connectivity index (χ2v) is 2.25. The summed E-state index contributed by atoms with van der Waals surface area (Å²) in [6, 6.07) is 0. The molecule has 0 amide bonds. The van der Waals surface area contributed by atoms with Gasteiger partial charge in [0.1, 0.15) is 0 Å². The average Bonchev–Trinajstić information content (AvgIpc) is 2.04. The topological polar surface area (TPSA) is 12.4 Å². The van der Waals surface area contributed by atoms with E-state index in [1.54, 1.807) is 6.08 Å². The summed E-state index contributed by atoms with van der Waals surface area (Å²) in [5.74, 6) is 0. The summed E-state index contributed by atoms with van der Waals surface area (Å²) in [7, 11) is 0. The Balaban J connectivity index is 4.73. The van der Waals surface area contributed by atoms with Gasteiger partial charge in [0.2, 0.25) is 0 Å². The van der Waals surface area contributed by atoms with Gasteiger partial charge in [-0.15, -0.1) is 0 Å². The average molecular weight is 161 g/mol. The molecule has 1 heteroatoms. The summed E-state index contributed by atoms with van der Waals surface area (Å²) in [4.78, 5) is 4.08. The van der Waals surface area contributed by atoms with Crippen LogP contribution < -0.4 is 0 Å². The van der Waals surface area contributed by atoms with Crippen LogP contribution in [0, 0.1) is 0 Å². The summed E-state index contributed by atoms with van der Waals surface area (Å²) in [6.45, 7) is 11.1. The molecule has 1 nitrogen and oxygen atoms in total. The summed E-state index contributed by atoms with van der Waals surface area (Å²) >= 11 is 0. The van der Waals surface area contributed by atoms with Crippen LogP contribution in [0.25, 0.3) is 0 Å². The van der Waals surface area contributed by atoms with E-state index in [4.69, 9.17) is 0 Å². The molecule has 0 saturated carbocycles. The lowest BCUT2D eigenvalue weighted by Gasteiger charge is -1.97. The van der Waals surface area contributed by atoms with Gasteiger partial charge < -0.3 is 0 Å². The van der Waals surface area contributed by atoms with E-state index >= 15 is 0 Å². The third kappa shape index (κ3) is 3.71. The van der Waals surface area contributed by atoms with Crippen LogP contribution in [0.5, 0.6) is 0 Å². The molecule has 12 heavy (non-hydrogen) atoms. The molecule has 64 valence electrons. The Morgan fingerprint density at radius 2 is 2.00 bits per heavy atom. The standard InChI is InChI=1S/C11H15N/c1-5-8-11(9-6-2)10(4)12-7-3/h5-9H,1,3H2,2,4H3/b9-6-,11-8+,12-10?. The number of aliphatic imine (C=N–C) groups is 1. The molecule has 0 aliphatic carbocycles. The Bertz CT molecular complexity index is 242. The van der Waals surface area contributed by atoms with Gasteiger partial charge in [0.15, 0.2) is 0 Å². The summed E-state index contributed by atoms with van der Waals surface area (Å²) in [5.41, 5.74) is 2.01. The van der Waals surface area contributed by atoms with E-state index in [1.807, 2.05) is 32.1 Å². The number of hydrogen-bond acceptors (Lipinski definition) is 1. The van der Waals surface area contributed by atoms with Crippen LogP contribution in [-0.4, -0.2) is 5.71 Å². The first-order chi connectivity index (χ1) is 5.76. The molecule has 0 N–H and O–H groups in total. The fourth-order valence-electron chi connectivity index (χ4n) is 0.815. The second-order valence-electron chi connectivity index (χ2n) is 2.25. The lowest BCUT2D eigenvalue weighted by atomic mass is 10.1. The fourth-order valence-corrected chi connectivity index (χ4v) is 0.815. The van der Waals surface area contributed by atoms with Gasteiger partial charge in [0.05, 0.1) is 0 Å². The third-order valence-electron chi connectivity index (χ3n) is 1.35. The molecule has 0 atom stereocenters. The van der Waals surface area contributed by atoms with Crippen molar-refractivity contribution in [2.24, 2.45) is 4.99 Å². The summed E-state index contributed by atoms with van der Waals surface area (Å²) in [6.07, 6.45) is 9.16. The number of allylic oxidation sites excluding steroid dienone is 5. The van der Waals surface area contributed by atoms with Crippen molar-refractivity contribution in [1.29, 1.82) is 0 Å². The van der Waals surface area contributed by atoms with Crippen molar-refractivity contribution >= 4 is 5.71 Å². The van der Waals surface area contributed by atoms with E-state index in [2.05, 4.69) is 18.2 Å². The van der Waals surface area contributed by atoms with Crippen molar-refractivity contribution in [2.75, 3.05) is 0 Å². The van der Waals surface area contributed by atoms with E-state index < -0.39 is 0 Å². The normalized spacial score (nSPS) is 13.5. The van der Waals surface area contributed by atoms with Crippen LogP contribution in [0.15, 0.2) is 54.2 Å². The minimum absolute atomic E-state index is 0.947. The van der Waals surface area contributed by atoms with Crippen LogP contribution in [0.3, 0.4) is 0 Å². The van der Waals surface area contributed by atoms with Crippen molar-refractivity contribution in [3.8, 4) is 0 Å². The zero-order valence-electron chi connectivity index (χ0n) is 7.75. The summed E-state index contributed by atoms with van der Waals surface area (Å²) in [5, 5.41) is 0. The second kappa shape index (κ2) is 6.35. The molecule has 0 saturated heterocycles. The molecule has 0 aromatic heterocycles. The minimum Gasteiger partial charge on any atom is -0.262 e. The van der Waals surface area contributed by atoms with Gasteiger partial charge in [-0.1, -0.05) is 37.5 Å². The Kier molecular flexibility index (Phi) is 5.62. The first-order valence-corrected chi connectivity index (χ1v) is 3.87. The Labute approximate surface area is 74.5 Å². The molecule has 0 spiro atoms. The Hall–Kier alpha value is -1.37. The molecule has 0 fully saturated rings. The monoisotopic (exact) mass is 161 g/mol. The van der Waals surface area contributed by atoms with E-state index in [-0.39, 0.29) is 0 Å². The van der Waals surface area contributed by atoms with E-state index in [0.717, 1.165) is 11.3 Å². The molecule has 0 aliphatic heterocycles. The van der Waals surface area contributed by atoms with Gasteiger partial charge in [-0.3, -0.25) is 4.99 Å². The maximum absolute atomic E-state index is 4.08. The van der Waals surface area contributed by atoms with Gasteiger partial charge in [0.25, 0.3) is 0 Å². The summed E-state index contributed by atoms with van der Waals surface area (Å²) < 4.78 is 0. The highest BCUT2D eigenvalue weighted by Gasteiger charge is 1.92. The maximum atomic E-state index is 4.08. The first-order valence-electron chi connectivity index (χ1n) is 3.87. The first kappa shape index (κ1) is 10.6. The smallest absolute Gasteiger partial charge is 0.0444 e. The SMILES string of the molecule is C=C/C=C(\C=C/C)C(C)=NC=C. The zero-order valence-corrected chi connectivity index (χ0v) is 7.75. The molecule has 0 heterocycles. The molecule has 0 bridgehead atoms. The minimum atomic E-state index is 0.947. The highest BCUT2D eigenvalue weighted by molar-refractivity contribution is 6.01. The highest BCUT2D eigenvalue weighted by atomic mass is 14.7. The molecular formula is C11H15N. The third-order valence-corrected chi connectivity index (χ3v) is 1.35. The number of nitrogens with zero attached hydrogens (tertiary/aromatic N) is 1. The van der Waals surface area contributed by atoms with Gasteiger partial charge in [0, 0.05) is 11.9 Å². The Morgan fingerprint density at radius 3 is 2.42 bits per heavy atom. The molecule has 0 unspecified atom stereocenters. The molecule has 0 aliphatic rings. The number of rotatable bonds is 4. The molecule has 0 aromatic rings. The molecule has 0 rings (SSSR count). The lowest BCUT2D eigenvalue weighted by Crippen LogP contribution is -1.92. The predicted molar refractivity (Wildman–Crippen MR) is 56.4 cm³/mol. The van der Waals surface area contributed by atoms with Crippen molar-refractivity contribution in [1.82, 2.24) is 0 Å². The highest BCUT2D eigenvalue weighted by Crippen LogP contribution is 2.01. The van der Waals surface area contributed by atoms with Crippen molar-refractivity contribution in [2.45, 2.75) is 13.8 Å². The van der Waals surface area contributed by atoms with E-state index in [1.165, 1.54) is 6.20 Å². The largest absolute Gasteiger partial charge is 0.262 e. The van der Waals surface area contributed by atoms with Crippen LogP contribution in [0.2, 0.25) is 0 Å². The molecule has 0 radical (unpaired) electrons. The Morgan fingerprint density at radius 1 is 1.33 bits per heavy atom.